The van der Waals surface area contributed by atoms with E-state index in [4.69, 9.17) is 5.73 Å². The number of aliphatic hydroxyl groups is 4. The molecule has 2 aromatic rings. The quantitative estimate of drug-likeness (QED) is 0.298. The standard InChI is InChI=1S/C26H26N4O8/c1-9-13-10(11-8-28-6-7-29-11)4-5-12(31)15(13)20(32)16-14(9)21(33)18-19(30(2)3)22(34)17(25(27)37)24(36)26(18,38)23(16)35/h4-9,14,18-19,21,31,33-35,38H,1-3H3,(H2,27,37). The first-order valence-corrected chi connectivity index (χ1v) is 11.8. The first kappa shape index (κ1) is 25.5. The Kier molecular flexibility index (Phi) is 5.67. The van der Waals surface area contributed by atoms with Crippen LogP contribution in [0.2, 0.25) is 0 Å². The zero-order valence-corrected chi connectivity index (χ0v) is 20.7. The molecule has 0 aliphatic heterocycles. The number of hydrogen-bond acceptors (Lipinski definition) is 11. The molecular weight excluding hydrogens is 496 g/mol. The molecule has 1 aromatic carbocycles. The van der Waals surface area contributed by atoms with Crippen molar-refractivity contribution in [2.75, 3.05) is 14.1 Å². The number of aromatic hydroxyl groups is 1. The van der Waals surface area contributed by atoms with E-state index in [1.807, 2.05) is 0 Å². The molecule has 7 N–H and O–H groups in total. The van der Waals surface area contributed by atoms with E-state index in [0.717, 1.165) is 0 Å². The molecular formula is C26H26N4O8. The highest BCUT2D eigenvalue weighted by molar-refractivity contribution is 6.25. The van der Waals surface area contributed by atoms with Crippen molar-refractivity contribution in [1.29, 1.82) is 0 Å². The number of phenolic OH excluding ortho intramolecular Hbond substituents is 1. The van der Waals surface area contributed by atoms with Crippen molar-refractivity contribution in [3.8, 4) is 17.0 Å². The minimum absolute atomic E-state index is 0.186. The summed E-state index contributed by atoms with van der Waals surface area (Å²) in [4.78, 5) is 49.1. The van der Waals surface area contributed by atoms with E-state index in [0.29, 0.717) is 16.8 Å². The van der Waals surface area contributed by atoms with Gasteiger partial charge in [-0.25, -0.2) is 0 Å². The Bertz CT molecular complexity index is 1470. The maximum atomic E-state index is 13.9. The Morgan fingerprint density at radius 3 is 2.39 bits per heavy atom. The van der Waals surface area contributed by atoms with Crippen molar-refractivity contribution < 1.29 is 39.9 Å². The maximum Gasteiger partial charge on any atom is 0.255 e. The van der Waals surface area contributed by atoms with Gasteiger partial charge in [-0.1, -0.05) is 6.92 Å². The smallest absolute Gasteiger partial charge is 0.255 e. The zero-order chi connectivity index (χ0) is 27.8. The second-order valence-corrected chi connectivity index (χ2v) is 10.1. The van der Waals surface area contributed by atoms with Gasteiger partial charge in [0.15, 0.2) is 11.4 Å². The van der Waals surface area contributed by atoms with Gasteiger partial charge >= 0.3 is 0 Å². The molecule has 1 amide bonds. The lowest BCUT2D eigenvalue weighted by Gasteiger charge is -2.53. The number of benzene rings is 1. The van der Waals surface area contributed by atoms with Gasteiger partial charge < -0.3 is 31.3 Å². The lowest BCUT2D eigenvalue weighted by atomic mass is 9.55. The van der Waals surface area contributed by atoms with Gasteiger partial charge in [0.1, 0.15) is 22.8 Å². The molecule has 12 nitrogen and oxygen atoms in total. The largest absolute Gasteiger partial charge is 0.510 e. The summed E-state index contributed by atoms with van der Waals surface area (Å²) in [5.41, 5.74) is 1.96. The van der Waals surface area contributed by atoms with Gasteiger partial charge in [-0.2, -0.15) is 0 Å². The molecule has 198 valence electrons. The Hall–Kier alpha value is -4.13. The number of hydrogen-bond donors (Lipinski definition) is 6. The van der Waals surface area contributed by atoms with E-state index >= 15 is 0 Å². The van der Waals surface area contributed by atoms with Crippen molar-refractivity contribution in [2.24, 2.45) is 17.6 Å². The highest BCUT2D eigenvalue weighted by Gasteiger charge is 2.67. The van der Waals surface area contributed by atoms with Crippen molar-refractivity contribution >= 4 is 17.5 Å². The molecule has 6 atom stereocenters. The van der Waals surface area contributed by atoms with E-state index in [9.17, 15) is 39.9 Å². The molecule has 0 saturated heterocycles. The number of Topliss-reactive ketones (excluding diaryl/α,β-unsaturated/α-hetero) is 2. The number of amides is 1. The highest BCUT2D eigenvalue weighted by Crippen LogP contribution is 2.56. The van der Waals surface area contributed by atoms with Crippen molar-refractivity contribution in [3.05, 3.63) is 64.5 Å². The van der Waals surface area contributed by atoms with Crippen LogP contribution in [0.15, 0.2) is 53.4 Å². The molecule has 3 aliphatic rings. The van der Waals surface area contributed by atoms with Gasteiger partial charge in [0.25, 0.3) is 5.91 Å². The van der Waals surface area contributed by atoms with Crippen molar-refractivity contribution in [1.82, 2.24) is 14.9 Å². The molecule has 0 radical (unpaired) electrons. The zero-order valence-electron chi connectivity index (χ0n) is 20.7. The summed E-state index contributed by atoms with van der Waals surface area (Å²) in [5, 5.41) is 56.5. The number of nitrogens with zero attached hydrogens (tertiary/aromatic N) is 3. The summed E-state index contributed by atoms with van der Waals surface area (Å²) in [5.74, 6) is -9.45. The monoisotopic (exact) mass is 522 g/mol. The number of primary amides is 1. The number of aromatic nitrogens is 2. The van der Waals surface area contributed by atoms with Gasteiger partial charge in [0, 0.05) is 29.4 Å². The summed E-state index contributed by atoms with van der Waals surface area (Å²) in [7, 11) is 2.96. The molecule has 12 heteroatoms. The summed E-state index contributed by atoms with van der Waals surface area (Å²) >= 11 is 0. The summed E-state index contributed by atoms with van der Waals surface area (Å²) < 4.78 is 0. The number of fused-ring (bicyclic) bond motifs is 3. The fourth-order valence-electron chi connectivity index (χ4n) is 6.37. The molecule has 38 heavy (non-hydrogen) atoms. The summed E-state index contributed by atoms with van der Waals surface area (Å²) in [6, 6.07) is 1.51. The number of carbonyl (C=O) groups is 3. The molecule has 0 fully saturated rings. The van der Waals surface area contributed by atoms with Crippen LogP contribution in [0.4, 0.5) is 0 Å². The molecule has 5 rings (SSSR count). The Morgan fingerprint density at radius 2 is 1.82 bits per heavy atom. The molecule has 0 spiro atoms. The number of phenols is 1. The lowest BCUT2D eigenvalue weighted by Crippen LogP contribution is -2.68. The predicted molar refractivity (Wildman–Crippen MR) is 131 cm³/mol. The second-order valence-electron chi connectivity index (χ2n) is 10.1. The molecule has 0 bridgehead atoms. The minimum atomic E-state index is -2.96. The predicted octanol–water partition coefficient (Wildman–Crippen LogP) is 0.109. The van der Waals surface area contributed by atoms with Crippen LogP contribution in [-0.4, -0.2) is 89.7 Å². The molecule has 6 unspecified atom stereocenters. The Balaban J connectivity index is 1.82. The van der Waals surface area contributed by atoms with Crippen LogP contribution < -0.4 is 5.73 Å². The minimum Gasteiger partial charge on any atom is -0.510 e. The molecule has 3 aliphatic carbocycles. The third-order valence-corrected chi connectivity index (χ3v) is 7.95. The van der Waals surface area contributed by atoms with Crippen LogP contribution in [-0.2, 0) is 9.59 Å². The summed E-state index contributed by atoms with van der Waals surface area (Å²) in [6.07, 6.45) is 2.72. The topological polar surface area (TPSA) is 207 Å². The fourth-order valence-corrected chi connectivity index (χ4v) is 6.37. The van der Waals surface area contributed by atoms with Crippen LogP contribution in [0.25, 0.3) is 11.3 Å². The highest BCUT2D eigenvalue weighted by atomic mass is 16.4. The van der Waals surface area contributed by atoms with E-state index in [1.165, 1.54) is 43.7 Å². The first-order valence-electron chi connectivity index (χ1n) is 11.8. The van der Waals surface area contributed by atoms with Gasteiger partial charge in [0.2, 0.25) is 5.78 Å². The van der Waals surface area contributed by atoms with Crippen LogP contribution in [0.3, 0.4) is 0 Å². The number of ketones is 2. The summed E-state index contributed by atoms with van der Waals surface area (Å²) in [6.45, 7) is 1.66. The van der Waals surface area contributed by atoms with E-state index in [1.54, 1.807) is 13.0 Å². The SMILES string of the molecule is CC1c2c(-c3cnccn3)ccc(O)c2C(=O)C2=C(O)C3(O)C(=O)C(C(N)=O)=C(O)C(N(C)C)C3C(O)C21. The van der Waals surface area contributed by atoms with E-state index in [2.05, 4.69) is 9.97 Å². The van der Waals surface area contributed by atoms with E-state index < -0.39 is 81.4 Å². The van der Waals surface area contributed by atoms with Gasteiger partial charge in [-0.15, -0.1) is 0 Å². The third kappa shape index (κ3) is 3.11. The molecule has 1 heterocycles. The van der Waals surface area contributed by atoms with Gasteiger partial charge in [-0.05, 0) is 37.7 Å². The number of nitrogens with two attached hydrogens (primary N) is 1. The second kappa shape index (κ2) is 8.45. The average Bonchev–Trinajstić information content (AvgIpc) is 2.86. The normalized spacial score (nSPS) is 30.7. The number of rotatable bonds is 3. The fraction of sp³-hybridized carbons (Fsp3) is 0.346. The number of aliphatic hydroxyl groups excluding tert-OH is 3. The molecule has 1 aromatic heterocycles. The van der Waals surface area contributed by atoms with Crippen LogP contribution in [0, 0.1) is 11.8 Å². The van der Waals surface area contributed by atoms with Crippen molar-refractivity contribution in [2.45, 2.75) is 30.6 Å². The van der Waals surface area contributed by atoms with Crippen molar-refractivity contribution in [3.63, 3.8) is 0 Å². The maximum absolute atomic E-state index is 13.9. The Morgan fingerprint density at radius 1 is 1.13 bits per heavy atom. The molecule has 0 saturated carbocycles. The van der Waals surface area contributed by atoms with Gasteiger partial charge in [-0.3, -0.25) is 29.3 Å². The van der Waals surface area contributed by atoms with E-state index in [-0.39, 0.29) is 5.56 Å². The number of carbonyl (C=O) groups excluding carboxylic acids is 3. The van der Waals surface area contributed by atoms with Gasteiger partial charge in [0.05, 0.1) is 35.5 Å². The third-order valence-electron chi connectivity index (χ3n) is 7.95. The number of likely N-dealkylation sites (N-methyl/N-ethyl adjacent to an activating group) is 1. The Labute approximate surface area is 216 Å². The van der Waals surface area contributed by atoms with Crippen LogP contribution in [0.5, 0.6) is 5.75 Å². The van der Waals surface area contributed by atoms with Crippen LogP contribution in [0.1, 0.15) is 28.8 Å². The van der Waals surface area contributed by atoms with Crippen LogP contribution >= 0.6 is 0 Å². The lowest BCUT2D eigenvalue weighted by molar-refractivity contribution is -0.162. The first-order chi connectivity index (χ1) is 17.8. The average molecular weight is 523 g/mol.